The lowest BCUT2D eigenvalue weighted by atomic mass is 9.80. The Morgan fingerprint density at radius 2 is 1.87 bits per heavy atom. The molecule has 0 saturated heterocycles. The van der Waals surface area contributed by atoms with E-state index in [0.29, 0.717) is 5.92 Å². The first kappa shape index (κ1) is 10.7. The molecule has 1 aliphatic carbocycles. The summed E-state index contributed by atoms with van der Waals surface area (Å²) in [5.74, 6) is 0.374. The maximum Gasteiger partial charge on any atom is 0.0608 e. The molecule has 0 spiro atoms. The van der Waals surface area contributed by atoms with Crippen LogP contribution in [-0.4, -0.2) is 11.2 Å². The fraction of sp³-hybridized carbons (Fsp3) is 0.571. The van der Waals surface area contributed by atoms with E-state index in [-0.39, 0.29) is 6.10 Å². The van der Waals surface area contributed by atoms with E-state index in [0.717, 1.165) is 12.8 Å². The van der Waals surface area contributed by atoms with Gasteiger partial charge in [0.05, 0.1) is 6.10 Å². The van der Waals surface area contributed by atoms with Crippen LogP contribution in [0, 0.1) is 13.8 Å². The average molecular weight is 204 g/mol. The van der Waals surface area contributed by atoms with Crippen LogP contribution in [0.15, 0.2) is 18.2 Å². The molecule has 1 saturated carbocycles. The van der Waals surface area contributed by atoms with Crippen molar-refractivity contribution in [2.24, 2.45) is 0 Å². The van der Waals surface area contributed by atoms with Crippen molar-refractivity contribution >= 4 is 0 Å². The molecule has 1 aromatic carbocycles. The second-order valence-corrected chi connectivity index (χ2v) is 4.82. The standard InChI is InChI=1S/C14H20O/c1-10-7-8-12(11(2)9-10)13-5-3-4-6-14(13)15/h7-9,13-15H,3-6H2,1-2H3. The van der Waals surface area contributed by atoms with Crippen LogP contribution in [-0.2, 0) is 0 Å². The number of benzene rings is 1. The topological polar surface area (TPSA) is 20.2 Å². The van der Waals surface area contributed by atoms with Gasteiger partial charge in [0, 0.05) is 5.92 Å². The van der Waals surface area contributed by atoms with E-state index in [1.54, 1.807) is 0 Å². The van der Waals surface area contributed by atoms with Gasteiger partial charge in [-0.05, 0) is 37.8 Å². The number of rotatable bonds is 1. The summed E-state index contributed by atoms with van der Waals surface area (Å²) in [6, 6.07) is 6.57. The number of hydrogen-bond donors (Lipinski definition) is 1. The summed E-state index contributed by atoms with van der Waals surface area (Å²) in [5.41, 5.74) is 4.00. The molecular weight excluding hydrogens is 184 g/mol. The number of aliphatic hydroxyl groups excluding tert-OH is 1. The highest BCUT2D eigenvalue weighted by Crippen LogP contribution is 2.34. The first-order valence-electron chi connectivity index (χ1n) is 5.93. The molecule has 0 heterocycles. The predicted octanol–water partition coefficient (Wildman–Crippen LogP) is 3.32. The largest absolute Gasteiger partial charge is 0.392 e. The van der Waals surface area contributed by atoms with Crippen molar-refractivity contribution < 1.29 is 5.11 Å². The van der Waals surface area contributed by atoms with Crippen LogP contribution < -0.4 is 0 Å². The molecule has 0 radical (unpaired) electrons. The van der Waals surface area contributed by atoms with Gasteiger partial charge in [0.2, 0.25) is 0 Å². The fourth-order valence-electron chi connectivity index (χ4n) is 2.72. The molecular formula is C14H20O. The molecule has 15 heavy (non-hydrogen) atoms. The lowest BCUT2D eigenvalue weighted by Gasteiger charge is -2.29. The van der Waals surface area contributed by atoms with E-state index < -0.39 is 0 Å². The highest BCUT2D eigenvalue weighted by Gasteiger charge is 2.25. The van der Waals surface area contributed by atoms with Gasteiger partial charge in [0.15, 0.2) is 0 Å². The quantitative estimate of drug-likeness (QED) is 0.744. The van der Waals surface area contributed by atoms with E-state index >= 15 is 0 Å². The minimum absolute atomic E-state index is 0.125. The Bertz CT molecular complexity index is 343. The second-order valence-electron chi connectivity index (χ2n) is 4.82. The molecule has 82 valence electrons. The molecule has 0 amide bonds. The van der Waals surface area contributed by atoms with Crippen LogP contribution in [0.5, 0.6) is 0 Å². The molecule has 1 fully saturated rings. The Hall–Kier alpha value is -0.820. The Balaban J connectivity index is 2.27. The Morgan fingerprint density at radius 1 is 1.13 bits per heavy atom. The Morgan fingerprint density at radius 3 is 2.53 bits per heavy atom. The monoisotopic (exact) mass is 204 g/mol. The summed E-state index contributed by atoms with van der Waals surface area (Å²) >= 11 is 0. The van der Waals surface area contributed by atoms with Crippen molar-refractivity contribution in [1.29, 1.82) is 0 Å². The van der Waals surface area contributed by atoms with Gasteiger partial charge in [0.25, 0.3) is 0 Å². The zero-order chi connectivity index (χ0) is 10.8. The van der Waals surface area contributed by atoms with E-state index in [1.165, 1.54) is 29.5 Å². The summed E-state index contributed by atoms with van der Waals surface area (Å²) in [6.07, 6.45) is 4.43. The van der Waals surface area contributed by atoms with Crippen molar-refractivity contribution in [2.45, 2.75) is 51.6 Å². The molecule has 0 aliphatic heterocycles. The minimum atomic E-state index is -0.125. The Labute approximate surface area is 92.1 Å². The highest BCUT2D eigenvalue weighted by molar-refractivity contribution is 5.34. The number of aryl methyl sites for hydroxylation is 2. The molecule has 1 heteroatoms. The van der Waals surface area contributed by atoms with Crippen LogP contribution in [0.1, 0.15) is 48.3 Å². The summed E-state index contributed by atoms with van der Waals surface area (Å²) < 4.78 is 0. The predicted molar refractivity (Wildman–Crippen MR) is 63.1 cm³/mol. The molecule has 0 aromatic heterocycles. The third kappa shape index (κ3) is 2.23. The van der Waals surface area contributed by atoms with E-state index in [2.05, 4.69) is 32.0 Å². The molecule has 1 aliphatic rings. The van der Waals surface area contributed by atoms with Crippen LogP contribution in [0.2, 0.25) is 0 Å². The molecule has 1 aromatic rings. The van der Waals surface area contributed by atoms with Crippen LogP contribution in [0.25, 0.3) is 0 Å². The van der Waals surface area contributed by atoms with Crippen molar-refractivity contribution in [3.05, 3.63) is 34.9 Å². The second kappa shape index (κ2) is 4.36. The third-order valence-electron chi connectivity index (χ3n) is 3.55. The van der Waals surface area contributed by atoms with E-state index in [9.17, 15) is 5.11 Å². The van der Waals surface area contributed by atoms with Gasteiger partial charge in [-0.1, -0.05) is 36.6 Å². The SMILES string of the molecule is Cc1ccc(C2CCCCC2O)c(C)c1. The maximum atomic E-state index is 10.0. The molecule has 2 unspecified atom stereocenters. The lowest BCUT2D eigenvalue weighted by Crippen LogP contribution is -2.23. The zero-order valence-corrected chi connectivity index (χ0v) is 9.66. The molecule has 0 bridgehead atoms. The van der Waals surface area contributed by atoms with Crippen molar-refractivity contribution in [3.63, 3.8) is 0 Å². The van der Waals surface area contributed by atoms with Gasteiger partial charge in [-0.3, -0.25) is 0 Å². The Kier molecular flexibility index (Phi) is 3.11. The number of hydrogen-bond acceptors (Lipinski definition) is 1. The van der Waals surface area contributed by atoms with Crippen LogP contribution in [0.3, 0.4) is 0 Å². The molecule has 2 atom stereocenters. The fourth-order valence-corrected chi connectivity index (χ4v) is 2.72. The normalized spacial score (nSPS) is 26.6. The summed E-state index contributed by atoms with van der Waals surface area (Å²) in [6.45, 7) is 4.28. The summed E-state index contributed by atoms with van der Waals surface area (Å²) in [5, 5.41) is 10.0. The maximum absolute atomic E-state index is 10.0. The van der Waals surface area contributed by atoms with Gasteiger partial charge in [-0.2, -0.15) is 0 Å². The summed E-state index contributed by atoms with van der Waals surface area (Å²) in [7, 11) is 0. The smallest absolute Gasteiger partial charge is 0.0608 e. The average Bonchev–Trinajstić information content (AvgIpc) is 2.20. The van der Waals surface area contributed by atoms with Crippen molar-refractivity contribution in [3.8, 4) is 0 Å². The highest BCUT2D eigenvalue weighted by atomic mass is 16.3. The molecule has 1 N–H and O–H groups in total. The van der Waals surface area contributed by atoms with Crippen LogP contribution >= 0.6 is 0 Å². The van der Waals surface area contributed by atoms with Gasteiger partial charge in [0.1, 0.15) is 0 Å². The van der Waals surface area contributed by atoms with E-state index in [4.69, 9.17) is 0 Å². The van der Waals surface area contributed by atoms with Gasteiger partial charge in [-0.15, -0.1) is 0 Å². The first-order chi connectivity index (χ1) is 7.18. The van der Waals surface area contributed by atoms with Gasteiger partial charge < -0.3 is 5.11 Å². The van der Waals surface area contributed by atoms with Gasteiger partial charge in [-0.25, -0.2) is 0 Å². The van der Waals surface area contributed by atoms with E-state index in [1.807, 2.05) is 0 Å². The first-order valence-corrected chi connectivity index (χ1v) is 5.93. The lowest BCUT2D eigenvalue weighted by molar-refractivity contribution is 0.106. The van der Waals surface area contributed by atoms with Gasteiger partial charge >= 0.3 is 0 Å². The van der Waals surface area contributed by atoms with Crippen molar-refractivity contribution in [1.82, 2.24) is 0 Å². The van der Waals surface area contributed by atoms with Crippen LogP contribution in [0.4, 0.5) is 0 Å². The van der Waals surface area contributed by atoms with Crippen molar-refractivity contribution in [2.75, 3.05) is 0 Å². The minimum Gasteiger partial charge on any atom is -0.392 e. The summed E-state index contributed by atoms with van der Waals surface area (Å²) in [4.78, 5) is 0. The third-order valence-corrected chi connectivity index (χ3v) is 3.55. The molecule has 2 rings (SSSR count). The molecule has 1 nitrogen and oxygen atoms in total. The number of aliphatic hydroxyl groups is 1. The zero-order valence-electron chi connectivity index (χ0n) is 9.66.